The third kappa shape index (κ3) is 4.48. The quantitative estimate of drug-likeness (QED) is 0.825. The summed E-state index contributed by atoms with van der Waals surface area (Å²) in [5, 5.41) is 0. The molecular formula is C22H35N3O. The summed E-state index contributed by atoms with van der Waals surface area (Å²) in [4.78, 5) is 7.64. The molecule has 0 unspecified atom stereocenters. The van der Waals surface area contributed by atoms with Crippen LogP contribution in [0.4, 0.5) is 0 Å². The lowest BCUT2D eigenvalue weighted by Gasteiger charge is -2.42. The van der Waals surface area contributed by atoms with Crippen LogP contribution in [0.15, 0.2) is 24.3 Å². The zero-order valence-corrected chi connectivity index (χ0v) is 16.6. The predicted molar refractivity (Wildman–Crippen MR) is 106 cm³/mol. The number of likely N-dealkylation sites (N-methyl/N-ethyl adjacent to an activating group) is 1. The Bertz CT molecular complexity index is 582. The van der Waals surface area contributed by atoms with E-state index in [9.17, 15) is 0 Å². The molecule has 3 aliphatic heterocycles. The molecule has 4 heteroatoms. The molecule has 4 rings (SSSR count). The normalized spacial score (nSPS) is 31.7. The Labute approximate surface area is 159 Å². The highest BCUT2D eigenvalue weighted by atomic mass is 16.5. The molecule has 3 aliphatic rings. The summed E-state index contributed by atoms with van der Waals surface area (Å²) < 4.78 is 6.75. The maximum atomic E-state index is 6.75. The fraction of sp³-hybridized carbons (Fsp3) is 0.727. The second-order valence-electron chi connectivity index (χ2n) is 8.87. The summed E-state index contributed by atoms with van der Waals surface area (Å²) in [6, 6.07) is 9.01. The fourth-order valence-corrected chi connectivity index (χ4v) is 4.88. The molecular weight excluding hydrogens is 322 g/mol. The van der Waals surface area contributed by atoms with Gasteiger partial charge in [0.2, 0.25) is 0 Å². The van der Waals surface area contributed by atoms with Crippen LogP contribution < -0.4 is 0 Å². The SMILES string of the molecule is Cc1ccc(CN2CC[C@]3(CCC[C@H](CN4CCN(C)CC4)O3)C2)cc1. The maximum Gasteiger partial charge on any atom is 0.0825 e. The van der Waals surface area contributed by atoms with Gasteiger partial charge in [0.25, 0.3) is 0 Å². The van der Waals surface area contributed by atoms with E-state index in [1.54, 1.807) is 0 Å². The van der Waals surface area contributed by atoms with Crippen LogP contribution in [-0.2, 0) is 11.3 Å². The Kier molecular flexibility index (Phi) is 5.65. The summed E-state index contributed by atoms with van der Waals surface area (Å²) in [7, 11) is 2.23. The molecule has 4 nitrogen and oxygen atoms in total. The van der Waals surface area contributed by atoms with Crippen LogP contribution in [0.3, 0.4) is 0 Å². The number of piperazine rings is 1. The van der Waals surface area contributed by atoms with Gasteiger partial charge in [0.1, 0.15) is 0 Å². The Morgan fingerprint density at radius 1 is 1.00 bits per heavy atom. The van der Waals surface area contributed by atoms with E-state index in [4.69, 9.17) is 4.74 Å². The van der Waals surface area contributed by atoms with Gasteiger partial charge < -0.3 is 9.64 Å². The summed E-state index contributed by atoms with van der Waals surface area (Å²) in [6.45, 7) is 11.4. The minimum atomic E-state index is 0.125. The molecule has 0 amide bonds. The highest BCUT2D eigenvalue weighted by Gasteiger charge is 2.43. The number of hydrogen-bond acceptors (Lipinski definition) is 4. The molecule has 2 atom stereocenters. The molecule has 3 saturated heterocycles. The number of ether oxygens (including phenoxy) is 1. The van der Waals surface area contributed by atoms with Gasteiger partial charge in [-0.1, -0.05) is 29.8 Å². The first-order valence-electron chi connectivity index (χ1n) is 10.5. The second kappa shape index (κ2) is 7.97. The van der Waals surface area contributed by atoms with Crippen LogP contribution in [0.5, 0.6) is 0 Å². The molecule has 0 N–H and O–H groups in total. The van der Waals surface area contributed by atoms with E-state index in [1.807, 2.05) is 0 Å². The van der Waals surface area contributed by atoms with Crippen LogP contribution >= 0.6 is 0 Å². The van der Waals surface area contributed by atoms with Crippen LogP contribution in [0.1, 0.15) is 36.8 Å². The molecule has 0 radical (unpaired) electrons. The van der Waals surface area contributed by atoms with Gasteiger partial charge >= 0.3 is 0 Å². The third-order valence-corrected chi connectivity index (χ3v) is 6.56. The minimum absolute atomic E-state index is 0.125. The summed E-state index contributed by atoms with van der Waals surface area (Å²) >= 11 is 0. The number of aryl methyl sites for hydroxylation is 1. The van der Waals surface area contributed by atoms with Crippen molar-refractivity contribution in [1.29, 1.82) is 0 Å². The van der Waals surface area contributed by atoms with Crippen molar-refractivity contribution in [2.45, 2.75) is 50.9 Å². The second-order valence-corrected chi connectivity index (χ2v) is 8.87. The third-order valence-electron chi connectivity index (χ3n) is 6.56. The first-order chi connectivity index (χ1) is 12.6. The Morgan fingerprint density at radius 2 is 1.77 bits per heavy atom. The molecule has 1 aromatic carbocycles. The van der Waals surface area contributed by atoms with E-state index in [1.165, 1.54) is 69.5 Å². The van der Waals surface area contributed by atoms with Gasteiger partial charge in [0.15, 0.2) is 0 Å². The minimum Gasteiger partial charge on any atom is -0.369 e. The van der Waals surface area contributed by atoms with E-state index >= 15 is 0 Å². The lowest BCUT2D eigenvalue weighted by Crippen LogP contribution is -2.51. The van der Waals surface area contributed by atoms with Crippen molar-refractivity contribution in [3.63, 3.8) is 0 Å². The van der Waals surface area contributed by atoms with Crippen molar-refractivity contribution in [1.82, 2.24) is 14.7 Å². The summed E-state index contributed by atoms with van der Waals surface area (Å²) in [5.41, 5.74) is 2.90. The highest BCUT2D eigenvalue weighted by molar-refractivity contribution is 5.21. The Balaban J connectivity index is 1.30. The van der Waals surface area contributed by atoms with Crippen molar-refractivity contribution >= 4 is 0 Å². The van der Waals surface area contributed by atoms with Crippen LogP contribution in [-0.4, -0.2) is 79.3 Å². The standard InChI is InChI=1S/C22H35N3O/c1-19-5-7-20(8-6-19)16-25-11-10-22(18-25)9-3-4-21(26-22)17-24-14-12-23(2)13-15-24/h5-8,21H,3-4,9-18H2,1-2H3/t21-,22-/m1/s1. The zero-order chi connectivity index (χ0) is 18.0. The van der Waals surface area contributed by atoms with Gasteiger partial charge in [-0.15, -0.1) is 0 Å². The van der Waals surface area contributed by atoms with E-state index in [0.29, 0.717) is 6.10 Å². The largest absolute Gasteiger partial charge is 0.369 e. The van der Waals surface area contributed by atoms with E-state index in [2.05, 4.69) is 52.9 Å². The van der Waals surface area contributed by atoms with Crippen LogP contribution in [0.2, 0.25) is 0 Å². The zero-order valence-electron chi connectivity index (χ0n) is 16.6. The smallest absolute Gasteiger partial charge is 0.0825 e. The molecule has 0 aliphatic carbocycles. The van der Waals surface area contributed by atoms with Gasteiger partial charge in [0.05, 0.1) is 11.7 Å². The molecule has 26 heavy (non-hydrogen) atoms. The van der Waals surface area contributed by atoms with E-state index in [0.717, 1.165) is 19.6 Å². The molecule has 0 bridgehead atoms. The van der Waals surface area contributed by atoms with Crippen molar-refractivity contribution in [3.8, 4) is 0 Å². The van der Waals surface area contributed by atoms with Crippen LogP contribution in [0.25, 0.3) is 0 Å². The number of hydrogen-bond donors (Lipinski definition) is 0. The van der Waals surface area contributed by atoms with Gasteiger partial charge in [-0.3, -0.25) is 9.80 Å². The topological polar surface area (TPSA) is 19.0 Å². The van der Waals surface area contributed by atoms with Gasteiger partial charge in [0, 0.05) is 52.4 Å². The number of rotatable bonds is 4. The van der Waals surface area contributed by atoms with Gasteiger partial charge in [-0.2, -0.15) is 0 Å². The summed E-state index contributed by atoms with van der Waals surface area (Å²) in [6.07, 6.45) is 5.46. The predicted octanol–water partition coefficient (Wildman–Crippen LogP) is 2.76. The molecule has 3 fully saturated rings. The fourth-order valence-electron chi connectivity index (χ4n) is 4.88. The van der Waals surface area contributed by atoms with Crippen molar-refractivity contribution < 1.29 is 4.74 Å². The summed E-state index contributed by atoms with van der Waals surface area (Å²) in [5.74, 6) is 0. The lowest BCUT2D eigenvalue weighted by molar-refractivity contribution is -0.130. The van der Waals surface area contributed by atoms with E-state index < -0.39 is 0 Å². The monoisotopic (exact) mass is 357 g/mol. The van der Waals surface area contributed by atoms with Crippen molar-refractivity contribution in [2.24, 2.45) is 0 Å². The van der Waals surface area contributed by atoms with Gasteiger partial charge in [-0.25, -0.2) is 0 Å². The molecule has 1 aromatic rings. The first-order valence-corrected chi connectivity index (χ1v) is 10.5. The van der Waals surface area contributed by atoms with Crippen molar-refractivity contribution in [2.75, 3.05) is 52.9 Å². The molecule has 0 saturated carbocycles. The maximum absolute atomic E-state index is 6.75. The van der Waals surface area contributed by atoms with Crippen molar-refractivity contribution in [3.05, 3.63) is 35.4 Å². The van der Waals surface area contributed by atoms with E-state index in [-0.39, 0.29) is 5.60 Å². The highest BCUT2D eigenvalue weighted by Crippen LogP contribution is 2.37. The number of benzene rings is 1. The first kappa shape index (κ1) is 18.4. The Morgan fingerprint density at radius 3 is 2.54 bits per heavy atom. The Hall–Kier alpha value is -0.940. The molecule has 144 valence electrons. The molecule has 1 spiro atoms. The average Bonchev–Trinajstić information content (AvgIpc) is 3.01. The lowest BCUT2D eigenvalue weighted by atomic mass is 9.90. The average molecular weight is 358 g/mol. The number of nitrogens with zero attached hydrogens (tertiary/aromatic N) is 3. The van der Waals surface area contributed by atoms with Gasteiger partial charge in [-0.05, 0) is 45.2 Å². The molecule has 0 aromatic heterocycles. The molecule has 3 heterocycles. The number of likely N-dealkylation sites (tertiary alicyclic amines) is 1. The van der Waals surface area contributed by atoms with Crippen LogP contribution in [0, 0.1) is 6.92 Å².